The van der Waals surface area contributed by atoms with Gasteiger partial charge in [-0.3, -0.25) is 4.79 Å². The van der Waals surface area contributed by atoms with Gasteiger partial charge in [-0.2, -0.15) is 0 Å². The number of aromatic nitrogens is 1. The van der Waals surface area contributed by atoms with E-state index in [9.17, 15) is 9.18 Å². The molecule has 0 radical (unpaired) electrons. The summed E-state index contributed by atoms with van der Waals surface area (Å²) in [6.45, 7) is 1.34. The van der Waals surface area contributed by atoms with Crippen LogP contribution < -0.4 is 0 Å². The molecule has 0 aliphatic carbocycles. The van der Waals surface area contributed by atoms with Crippen LogP contribution in [0.3, 0.4) is 0 Å². The number of hydrogen-bond donors (Lipinski definition) is 1. The van der Waals surface area contributed by atoms with E-state index in [1.54, 1.807) is 11.8 Å². The first-order chi connectivity index (χ1) is 12.7. The summed E-state index contributed by atoms with van der Waals surface area (Å²) >= 11 is 1.57. The summed E-state index contributed by atoms with van der Waals surface area (Å²) in [5.74, 6) is 0.380. The highest BCUT2D eigenvalue weighted by Gasteiger charge is 2.19. The van der Waals surface area contributed by atoms with E-state index in [2.05, 4.69) is 11.1 Å². The number of nitrogens with zero attached hydrogens (tertiary/aromatic N) is 1. The molecule has 0 fully saturated rings. The highest BCUT2D eigenvalue weighted by Crippen LogP contribution is 2.30. The zero-order valence-corrected chi connectivity index (χ0v) is 15.1. The highest BCUT2D eigenvalue weighted by atomic mass is 32.2. The summed E-state index contributed by atoms with van der Waals surface area (Å²) in [4.78, 5) is 18.6. The van der Waals surface area contributed by atoms with Crippen LogP contribution in [0.5, 0.6) is 0 Å². The molecule has 132 valence electrons. The van der Waals surface area contributed by atoms with Crippen molar-refractivity contribution in [3.8, 4) is 0 Å². The van der Waals surface area contributed by atoms with E-state index in [0.29, 0.717) is 18.8 Å². The molecule has 26 heavy (non-hydrogen) atoms. The number of carbonyl (C=O) groups is 1. The molecule has 0 bridgehead atoms. The number of carbonyl (C=O) groups excluding carboxylic acids is 1. The van der Waals surface area contributed by atoms with Gasteiger partial charge in [-0.05, 0) is 42.3 Å². The third-order valence-electron chi connectivity index (χ3n) is 4.66. The first kappa shape index (κ1) is 16.9. The third-order valence-corrected chi connectivity index (χ3v) is 5.65. The largest absolute Gasteiger partial charge is 0.360 e. The number of rotatable bonds is 4. The van der Waals surface area contributed by atoms with Crippen LogP contribution in [0.2, 0.25) is 0 Å². The molecule has 0 atom stereocenters. The van der Waals surface area contributed by atoms with Gasteiger partial charge < -0.3 is 9.88 Å². The average molecular weight is 366 g/mol. The number of H-pyrrole nitrogens is 1. The fraction of sp³-hybridized carbons (Fsp3) is 0.190. The Hall–Kier alpha value is -2.53. The summed E-state index contributed by atoms with van der Waals surface area (Å²) < 4.78 is 13.3. The molecule has 2 heterocycles. The van der Waals surface area contributed by atoms with Crippen molar-refractivity contribution in [1.29, 1.82) is 0 Å². The van der Waals surface area contributed by atoms with Crippen molar-refractivity contribution in [1.82, 2.24) is 9.88 Å². The first-order valence-corrected chi connectivity index (χ1v) is 9.61. The lowest BCUT2D eigenvalue weighted by molar-refractivity contribution is -0.127. The van der Waals surface area contributed by atoms with Gasteiger partial charge in [0.05, 0.1) is 5.75 Å². The monoisotopic (exact) mass is 366 g/mol. The van der Waals surface area contributed by atoms with Gasteiger partial charge in [0.2, 0.25) is 5.91 Å². The van der Waals surface area contributed by atoms with Gasteiger partial charge >= 0.3 is 0 Å². The summed E-state index contributed by atoms with van der Waals surface area (Å²) in [7, 11) is 0. The van der Waals surface area contributed by atoms with Crippen molar-refractivity contribution in [2.24, 2.45) is 0 Å². The zero-order chi connectivity index (χ0) is 17.9. The van der Waals surface area contributed by atoms with Gasteiger partial charge in [0.1, 0.15) is 5.82 Å². The second kappa shape index (κ2) is 7.38. The number of aromatic amines is 1. The Balaban J connectivity index is 1.42. The van der Waals surface area contributed by atoms with Crippen molar-refractivity contribution in [2.45, 2.75) is 11.3 Å². The van der Waals surface area contributed by atoms with Gasteiger partial charge in [0.15, 0.2) is 0 Å². The van der Waals surface area contributed by atoms with Crippen LogP contribution in [0.25, 0.3) is 16.5 Å². The third kappa shape index (κ3) is 3.53. The van der Waals surface area contributed by atoms with Crippen molar-refractivity contribution < 1.29 is 9.18 Å². The van der Waals surface area contributed by atoms with Crippen molar-refractivity contribution in [2.75, 3.05) is 18.8 Å². The molecule has 0 unspecified atom stereocenters. The summed E-state index contributed by atoms with van der Waals surface area (Å²) in [6, 6.07) is 14.8. The van der Waals surface area contributed by atoms with Gasteiger partial charge in [-0.15, -0.1) is 11.8 Å². The molecule has 1 aliphatic rings. The second-order valence-corrected chi connectivity index (χ2v) is 7.36. The Morgan fingerprint density at radius 1 is 1.19 bits per heavy atom. The van der Waals surface area contributed by atoms with Crippen molar-refractivity contribution in [3.63, 3.8) is 0 Å². The van der Waals surface area contributed by atoms with E-state index in [-0.39, 0.29) is 11.7 Å². The fourth-order valence-electron chi connectivity index (χ4n) is 3.26. The lowest BCUT2D eigenvalue weighted by Crippen LogP contribution is -2.35. The molecule has 0 spiro atoms. The molecule has 0 saturated carbocycles. The molecule has 1 aliphatic heterocycles. The number of benzene rings is 2. The van der Waals surface area contributed by atoms with Crippen LogP contribution in [-0.2, 0) is 4.79 Å². The van der Waals surface area contributed by atoms with Crippen molar-refractivity contribution in [3.05, 3.63) is 72.2 Å². The maximum absolute atomic E-state index is 13.3. The molecule has 1 N–H and O–H groups in total. The summed E-state index contributed by atoms with van der Waals surface area (Å²) in [6.07, 6.45) is 4.85. The van der Waals surface area contributed by atoms with E-state index in [4.69, 9.17) is 0 Å². The topological polar surface area (TPSA) is 36.1 Å². The SMILES string of the molecule is O=C(CSc1ccccc1)N1CC=C(c2c[nH]c3cc(F)ccc23)CC1. The Bertz CT molecular complexity index is 965. The number of nitrogens with one attached hydrogen (secondary N) is 1. The molecular formula is C21H19FN2OS. The molecule has 0 saturated heterocycles. The minimum atomic E-state index is -0.240. The Labute approximate surface area is 155 Å². The van der Waals surface area contributed by atoms with Crippen LogP contribution in [0.15, 0.2) is 65.7 Å². The minimum Gasteiger partial charge on any atom is -0.360 e. The number of halogens is 1. The number of amides is 1. The maximum atomic E-state index is 13.3. The molecular weight excluding hydrogens is 347 g/mol. The molecule has 4 rings (SSSR count). The Kier molecular flexibility index (Phi) is 4.80. The van der Waals surface area contributed by atoms with E-state index >= 15 is 0 Å². The van der Waals surface area contributed by atoms with Gasteiger partial charge in [-0.25, -0.2) is 4.39 Å². The fourth-order valence-corrected chi connectivity index (χ4v) is 4.08. The van der Waals surface area contributed by atoms with E-state index in [0.717, 1.165) is 27.8 Å². The number of fused-ring (bicyclic) bond motifs is 1. The van der Waals surface area contributed by atoms with Crippen LogP contribution in [0, 0.1) is 5.82 Å². The number of thioether (sulfide) groups is 1. The lowest BCUT2D eigenvalue weighted by Gasteiger charge is -2.26. The highest BCUT2D eigenvalue weighted by molar-refractivity contribution is 8.00. The normalized spacial score (nSPS) is 14.5. The second-order valence-electron chi connectivity index (χ2n) is 6.31. The number of hydrogen-bond acceptors (Lipinski definition) is 2. The first-order valence-electron chi connectivity index (χ1n) is 8.62. The Morgan fingerprint density at radius 2 is 2.04 bits per heavy atom. The predicted molar refractivity (Wildman–Crippen MR) is 105 cm³/mol. The standard InChI is InChI=1S/C21H19FN2OS/c22-16-6-7-18-19(13-23-20(18)12-16)15-8-10-24(11-9-15)21(25)14-26-17-4-2-1-3-5-17/h1-8,12-13,23H,9-11,14H2. The van der Waals surface area contributed by atoms with E-state index in [1.165, 1.54) is 17.7 Å². The molecule has 3 nitrogen and oxygen atoms in total. The summed E-state index contributed by atoms with van der Waals surface area (Å²) in [5, 5.41) is 1.03. The van der Waals surface area contributed by atoms with Crippen LogP contribution in [0.4, 0.5) is 4.39 Å². The molecule has 1 amide bonds. The minimum absolute atomic E-state index is 0.162. The van der Waals surface area contributed by atoms with E-state index in [1.807, 2.05) is 47.5 Å². The predicted octanol–water partition coefficient (Wildman–Crippen LogP) is 4.72. The molecule has 2 aromatic carbocycles. The smallest absolute Gasteiger partial charge is 0.233 e. The van der Waals surface area contributed by atoms with Crippen LogP contribution >= 0.6 is 11.8 Å². The van der Waals surface area contributed by atoms with Crippen molar-refractivity contribution >= 4 is 34.1 Å². The van der Waals surface area contributed by atoms with Gasteiger partial charge in [0, 0.05) is 40.6 Å². The maximum Gasteiger partial charge on any atom is 0.233 e. The molecule has 1 aromatic heterocycles. The quantitative estimate of drug-likeness (QED) is 0.679. The summed E-state index contributed by atoms with van der Waals surface area (Å²) in [5.41, 5.74) is 3.12. The lowest BCUT2D eigenvalue weighted by atomic mass is 9.99. The zero-order valence-electron chi connectivity index (χ0n) is 14.2. The van der Waals surface area contributed by atoms with Gasteiger partial charge in [-0.1, -0.05) is 24.3 Å². The van der Waals surface area contributed by atoms with Crippen LogP contribution in [-0.4, -0.2) is 34.6 Å². The van der Waals surface area contributed by atoms with Gasteiger partial charge in [0.25, 0.3) is 0 Å². The average Bonchev–Trinajstić information content (AvgIpc) is 3.10. The van der Waals surface area contributed by atoms with E-state index < -0.39 is 0 Å². The molecule has 3 aromatic rings. The van der Waals surface area contributed by atoms with Crippen LogP contribution in [0.1, 0.15) is 12.0 Å². The molecule has 5 heteroatoms. The Morgan fingerprint density at radius 3 is 2.81 bits per heavy atom.